The summed E-state index contributed by atoms with van der Waals surface area (Å²) < 4.78 is 16.0. The molecule has 0 aliphatic carbocycles. The monoisotopic (exact) mass is 383 g/mol. The van der Waals surface area contributed by atoms with E-state index in [1.807, 2.05) is 24.3 Å². The van der Waals surface area contributed by atoms with Gasteiger partial charge in [-0.05, 0) is 30.2 Å². The first kappa shape index (κ1) is 19.2. The Balaban J connectivity index is 1.89. The molecule has 0 aliphatic heterocycles. The van der Waals surface area contributed by atoms with Crippen molar-refractivity contribution in [3.8, 4) is 17.2 Å². The maximum absolute atomic E-state index is 13.1. The highest BCUT2D eigenvalue weighted by molar-refractivity contribution is 5.96. The number of carbonyl (C=O) groups excluding carboxylic acids is 1. The van der Waals surface area contributed by atoms with Crippen LogP contribution in [0.15, 0.2) is 42.5 Å². The van der Waals surface area contributed by atoms with Crippen LogP contribution in [0, 0.1) is 0 Å². The van der Waals surface area contributed by atoms with Gasteiger partial charge in [0.2, 0.25) is 5.91 Å². The highest BCUT2D eigenvalue weighted by Crippen LogP contribution is 2.30. The molecule has 0 radical (unpaired) electrons. The average molecular weight is 383 g/mol. The number of tetrazole rings is 1. The van der Waals surface area contributed by atoms with E-state index >= 15 is 0 Å². The molecule has 1 aromatic heterocycles. The van der Waals surface area contributed by atoms with Crippen molar-refractivity contribution in [1.82, 2.24) is 20.6 Å². The molecule has 3 aromatic rings. The number of nitrogens with one attached hydrogen (secondary N) is 2. The summed E-state index contributed by atoms with van der Waals surface area (Å²) in [5.74, 6) is 1.14. The van der Waals surface area contributed by atoms with Gasteiger partial charge in [-0.1, -0.05) is 23.4 Å². The number of benzene rings is 2. The maximum atomic E-state index is 13.1. The minimum atomic E-state index is -0.689. The first-order valence-corrected chi connectivity index (χ1v) is 8.54. The van der Waals surface area contributed by atoms with E-state index in [0.29, 0.717) is 29.4 Å². The Morgan fingerprint density at radius 1 is 1.07 bits per heavy atom. The molecule has 3 rings (SSSR count). The van der Waals surface area contributed by atoms with Crippen LogP contribution < -0.4 is 19.5 Å². The van der Waals surface area contributed by atoms with Gasteiger partial charge in [-0.15, -0.1) is 10.2 Å². The van der Waals surface area contributed by atoms with Crippen LogP contribution in [0.2, 0.25) is 0 Å². The molecule has 0 spiro atoms. The first-order chi connectivity index (χ1) is 13.7. The largest absolute Gasteiger partial charge is 0.497 e. The summed E-state index contributed by atoms with van der Waals surface area (Å²) >= 11 is 0. The molecule has 2 aromatic carbocycles. The number of amides is 1. The van der Waals surface area contributed by atoms with Crippen molar-refractivity contribution in [3.05, 3.63) is 53.9 Å². The molecule has 1 unspecified atom stereocenters. The molecule has 1 heterocycles. The zero-order valence-corrected chi connectivity index (χ0v) is 15.8. The second-order valence-electron chi connectivity index (χ2n) is 5.89. The van der Waals surface area contributed by atoms with Gasteiger partial charge in [0.15, 0.2) is 5.82 Å². The van der Waals surface area contributed by atoms with Crippen molar-refractivity contribution in [2.45, 2.75) is 12.3 Å². The number of carbonyl (C=O) groups is 1. The number of aromatic nitrogens is 4. The number of para-hydroxylation sites is 2. The molecule has 1 atom stereocenters. The zero-order chi connectivity index (χ0) is 19.9. The summed E-state index contributed by atoms with van der Waals surface area (Å²) in [6, 6.07) is 12.6. The lowest BCUT2D eigenvalue weighted by molar-refractivity contribution is -0.117. The van der Waals surface area contributed by atoms with E-state index in [4.69, 9.17) is 14.2 Å². The number of hydrogen-bond acceptors (Lipinski definition) is 7. The van der Waals surface area contributed by atoms with E-state index in [9.17, 15) is 4.79 Å². The lowest BCUT2D eigenvalue weighted by Crippen LogP contribution is -2.24. The molecule has 0 fully saturated rings. The van der Waals surface area contributed by atoms with E-state index in [0.717, 1.165) is 5.56 Å². The van der Waals surface area contributed by atoms with Gasteiger partial charge in [-0.2, -0.15) is 5.21 Å². The van der Waals surface area contributed by atoms with Crippen LogP contribution in [0.3, 0.4) is 0 Å². The van der Waals surface area contributed by atoms with Gasteiger partial charge < -0.3 is 19.5 Å². The van der Waals surface area contributed by atoms with Crippen LogP contribution in [-0.2, 0) is 11.2 Å². The number of H-pyrrole nitrogens is 1. The predicted molar refractivity (Wildman–Crippen MR) is 102 cm³/mol. The highest BCUT2D eigenvalue weighted by Gasteiger charge is 2.27. The zero-order valence-electron chi connectivity index (χ0n) is 15.8. The lowest BCUT2D eigenvalue weighted by atomic mass is 9.96. The van der Waals surface area contributed by atoms with Crippen molar-refractivity contribution in [2.24, 2.45) is 0 Å². The number of rotatable bonds is 8. The second kappa shape index (κ2) is 8.85. The van der Waals surface area contributed by atoms with Gasteiger partial charge in [0.05, 0.1) is 27.0 Å². The van der Waals surface area contributed by atoms with Crippen LogP contribution in [0.1, 0.15) is 17.3 Å². The van der Waals surface area contributed by atoms with Crippen LogP contribution in [0.25, 0.3) is 0 Å². The molecule has 0 saturated heterocycles. The van der Waals surface area contributed by atoms with Crippen LogP contribution >= 0.6 is 0 Å². The number of aromatic amines is 1. The molecule has 28 heavy (non-hydrogen) atoms. The average Bonchev–Trinajstić information content (AvgIpc) is 3.26. The summed E-state index contributed by atoms with van der Waals surface area (Å²) in [4.78, 5) is 13.1. The fourth-order valence-corrected chi connectivity index (χ4v) is 2.83. The topological polar surface area (TPSA) is 111 Å². The fourth-order valence-electron chi connectivity index (χ4n) is 2.83. The fraction of sp³-hybridized carbons (Fsp3) is 0.263. The number of nitrogens with zero attached hydrogens (tertiary/aromatic N) is 3. The quantitative estimate of drug-likeness (QED) is 0.613. The van der Waals surface area contributed by atoms with Crippen LogP contribution in [-0.4, -0.2) is 47.9 Å². The standard InChI is InChI=1S/C19H21N5O4/c1-26-13-9-8-12(17(11-13)28-3)10-14(18-21-23-24-22-18)19(25)20-15-6-4-5-7-16(15)27-2/h4-9,11,14H,10H2,1-3H3,(H,20,25)(H,21,22,23,24). The summed E-state index contributed by atoms with van der Waals surface area (Å²) in [5, 5.41) is 16.9. The molecule has 1 amide bonds. The Kier molecular flexibility index (Phi) is 6.05. The van der Waals surface area contributed by atoms with Crippen molar-refractivity contribution in [3.63, 3.8) is 0 Å². The third-order valence-corrected chi connectivity index (χ3v) is 4.27. The van der Waals surface area contributed by atoms with Crippen LogP contribution in [0.4, 0.5) is 5.69 Å². The smallest absolute Gasteiger partial charge is 0.235 e. The normalized spacial score (nSPS) is 11.5. The van der Waals surface area contributed by atoms with Gasteiger partial charge in [0.25, 0.3) is 0 Å². The Bertz CT molecular complexity index is 930. The third-order valence-electron chi connectivity index (χ3n) is 4.27. The first-order valence-electron chi connectivity index (χ1n) is 8.54. The highest BCUT2D eigenvalue weighted by atomic mass is 16.5. The van der Waals surface area contributed by atoms with E-state index in [2.05, 4.69) is 25.9 Å². The van der Waals surface area contributed by atoms with Crippen molar-refractivity contribution in [2.75, 3.05) is 26.6 Å². The molecule has 0 aliphatic rings. The van der Waals surface area contributed by atoms with Gasteiger partial charge in [0.1, 0.15) is 23.2 Å². The number of anilines is 1. The van der Waals surface area contributed by atoms with Crippen molar-refractivity contribution in [1.29, 1.82) is 0 Å². The van der Waals surface area contributed by atoms with Crippen LogP contribution in [0.5, 0.6) is 17.2 Å². The Morgan fingerprint density at radius 2 is 1.86 bits per heavy atom. The Hall–Kier alpha value is -3.62. The summed E-state index contributed by atoms with van der Waals surface area (Å²) in [6.45, 7) is 0. The van der Waals surface area contributed by atoms with Crippen molar-refractivity contribution < 1.29 is 19.0 Å². The van der Waals surface area contributed by atoms with E-state index in [1.54, 1.807) is 39.5 Å². The minimum absolute atomic E-state index is 0.283. The third kappa shape index (κ3) is 4.20. The summed E-state index contributed by atoms with van der Waals surface area (Å²) in [7, 11) is 4.69. The molecular weight excluding hydrogens is 362 g/mol. The molecule has 2 N–H and O–H groups in total. The molecule has 0 saturated carbocycles. The van der Waals surface area contributed by atoms with Gasteiger partial charge in [-0.25, -0.2) is 0 Å². The molecule has 9 nitrogen and oxygen atoms in total. The van der Waals surface area contributed by atoms with Gasteiger partial charge in [-0.3, -0.25) is 4.79 Å². The van der Waals surface area contributed by atoms with Crippen molar-refractivity contribution >= 4 is 11.6 Å². The van der Waals surface area contributed by atoms with E-state index in [1.165, 1.54) is 0 Å². The molecule has 9 heteroatoms. The Labute approximate surface area is 162 Å². The molecular formula is C19H21N5O4. The second-order valence-corrected chi connectivity index (χ2v) is 5.89. The summed E-state index contributed by atoms with van der Waals surface area (Å²) in [5.41, 5.74) is 1.37. The minimum Gasteiger partial charge on any atom is -0.497 e. The van der Waals surface area contributed by atoms with Gasteiger partial charge in [0, 0.05) is 6.07 Å². The van der Waals surface area contributed by atoms with E-state index < -0.39 is 5.92 Å². The van der Waals surface area contributed by atoms with E-state index in [-0.39, 0.29) is 11.7 Å². The number of methoxy groups -OCH3 is 3. The number of hydrogen-bond donors (Lipinski definition) is 2. The molecule has 146 valence electrons. The maximum Gasteiger partial charge on any atom is 0.235 e. The lowest BCUT2D eigenvalue weighted by Gasteiger charge is -2.17. The SMILES string of the molecule is COc1ccc(CC(C(=O)Nc2ccccc2OC)c2nn[nH]n2)c(OC)c1. The van der Waals surface area contributed by atoms with Gasteiger partial charge >= 0.3 is 0 Å². The predicted octanol–water partition coefficient (Wildman–Crippen LogP) is 2.19. The Morgan fingerprint density at radius 3 is 2.54 bits per heavy atom. The molecule has 0 bridgehead atoms. The number of ether oxygens (including phenoxy) is 3. The summed E-state index contributed by atoms with van der Waals surface area (Å²) in [6.07, 6.45) is 0.313.